The molecule has 0 amide bonds. The Hall–Kier alpha value is -0.736. The minimum Gasteiger partial charge on any atom is -0.416 e. The van der Waals surface area contributed by atoms with Gasteiger partial charge in [0.25, 0.3) is 0 Å². The van der Waals surface area contributed by atoms with Crippen molar-refractivity contribution in [2.24, 2.45) is 0 Å². The minimum atomic E-state index is -1.93. The summed E-state index contributed by atoms with van der Waals surface area (Å²) < 4.78 is 15.6. The first-order valence-corrected chi connectivity index (χ1v) is 17.5. The van der Waals surface area contributed by atoms with Gasteiger partial charge in [-0.3, -0.25) is 0 Å². The molecule has 0 saturated heterocycles. The van der Waals surface area contributed by atoms with Crippen LogP contribution in [0.25, 0.3) is 5.65 Å². The van der Waals surface area contributed by atoms with Crippen molar-refractivity contribution in [3.8, 4) is 0 Å². The summed E-state index contributed by atoms with van der Waals surface area (Å²) >= 11 is 6.28. The zero-order valence-electron chi connectivity index (χ0n) is 21.0. The highest BCUT2D eigenvalue weighted by atomic mass is 35.5. The van der Waals surface area contributed by atoms with Crippen molar-refractivity contribution >= 4 is 33.9 Å². The second-order valence-corrected chi connectivity index (χ2v) is 22.3. The maximum Gasteiger partial charge on any atom is 0.192 e. The molecule has 2 heterocycles. The molecule has 174 valence electrons. The molecule has 0 atom stereocenters. The molecule has 3 rings (SSSR count). The predicted octanol–water partition coefficient (Wildman–Crippen LogP) is 6.61. The lowest BCUT2D eigenvalue weighted by Gasteiger charge is -2.43. The molecule has 31 heavy (non-hydrogen) atoms. The van der Waals surface area contributed by atoms with E-state index in [4.69, 9.17) is 20.5 Å². The van der Waals surface area contributed by atoms with Gasteiger partial charge in [0, 0.05) is 25.5 Å². The van der Waals surface area contributed by atoms with Crippen molar-refractivity contribution in [1.29, 1.82) is 0 Å². The summed E-state index contributed by atoms with van der Waals surface area (Å²) in [5.41, 5.74) is 2.93. The molecule has 0 unspecified atom stereocenters. The van der Waals surface area contributed by atoms with Gasteiger partial charge in [0.2, 0.25) is 0 Å². The number of hydrogen-bond donors (Lipinski definition) is 0. The summed E-state index contributed by atoms with van der Waals surface area (Å²) in [6.45, 7) is 24.3. The molecule has 8 heteroatoms. The predicted molar refractivity (Wildman–Crippen MR) is 134 cm³/mol. The van der Waals surface area contributed by atoms with Gasteiger partial charge >= 0.3 is 0 Å². The third kappa shape index (κ3) is 4.67. The third-order valence-electron chi connectivity index (χ3n) is 7.94. The summed E-state index contributed by atoms with van der Waals surface area (Å²) in [5, 5.41) is 5.37. The summed E-state index contributed by atoms with van der Waals surface area (Å²) in [6.07, 6.45) is 3.92. The highest BCUT2D eigenvalue weighted by Crippen LogP contribution is 2.45. The maximum atomic E-state index is 6.82. The number of nitrogens with zero attached hydrogens (tertiary/aromatic N) is 3. The van der Waals surface area contributed by atoms with E-state index in [2.05, 4.69) is 77.8 Å². The lowest BCUT2D eigenvalue weighted by molar-refractivity contribution is 0.121. The van der Waals surface area contributed by atoms with E-state index in [9.17, 15) is 0 Å². The fourth-order valence-electron chi connectivity index (χ4n) is 3.57. The molecule has 1 aliphatic carbocycles. The fourth-order valence-corrected chi connectivity index (χ4v) is 5.89. The van der Waals surface area contributed by atoms with Crippen LogP contribution in [0.4, 0.5) is 0 Å². The molecule has 0 aliphatic heterocycles. The number of fused-ring (bicyclic) bond motifs is 3. The first kappa shape index (κ1) is 24.9. The molecular formula is C23H40ClN3O2Si2. The highest BCUT2D eigenvalue weighted by molar-refractivity contribution is 6.74. The van der Waals surface area contributed by atoms with E-state index in [1.807, 2.05) is 16.8 Å². The number of rotatable bonds is 6. The minimum absolute atomic E-state index is 0.151. The molecule has 0 fully saturated rings. The van der Waals surface area contributed by atoms with Gasteiger partial charge in [-0.25, -0.2) is 9.50 Å². The first-order valence-electron chi connectivity index (χ1n) is 11.3. The van der Waals surface area contributed by atoms with Gasteiger partial charge in [-0.2, -0.15) is 5.10 Å². The standard InChI is InChI=1S/C23H40ClN3O2Si2/c1-21(2,3)30(7,8)28-15-23(16-29-31(9,10)22(4,5)6)12-11-17-14-25-19-13-18(24)26-27(19)20(17)23/h13-14H,11-12,15-16H2,1-10H3. The monoisotopic (exact) mass is 481 g/mol. The van der Waals surface area contributed by atoms with Crippen molar-refractivity contribution in [2.75, 3.05) is 13.2 Å². The van der Waals surface area contributed by atoms with E-state index < -0.39 is 16.6 Å². The van der Waals surface area contributed by atoms with Crippen LogP contribution in [0.15, 0.2) is 12.3 Å². The summed E-state index contributed by atoms with van der Waals surface area (Å²) in [7, 11) is -3.86. The van der Waals surface area contributed by atoms with Crippen LogP contribution in [-0.4, -0.2) is 44.4 Å². The molecular weight excluding hydrogens is 442 g/mol. The fraction of sp³-hybridized carbons (Fsp3) is 0.739. The Labute approximate surface area is 195 Å². The van der Waals surface area contributed by atoms with Gasteiger partial charge in [0.15, 0.2) is 27.4 Å². The Balaban J connectivity index is 2.05. The second kappa shape index (κ2) is 7.94. The van der Waals surface area contributed by atoms with E-state index in [-0.39, 0.29) is 15.5 Å². The van der Waals surface area contributed by atoms with Crippen LogP contribution in [0, 0.1) is 0 Å². The topological polar surface area (TPSA) is 48.7 Å². The van der Waals surface area contributed by atoms with Crippen molar-refractivity contribution < 1.29 is 8.85 Å². The Morgan fingerprint density at radius 1 is 1.00 bits per heavy atom. The van der Waals surface area contributed by atoms with E-state index in [0.717, 1.165) is 18.5 Å². The van der Waals surface area contributed by atoms with Gasteiger partial charge < -0.3 is 8.85 Å². The van der Waals surface area contributed by atoms with Crippen LogP contribution in [0.5, 0.6) is 0 Å². The molecule has 5 nitrogen and oxygen atoms in total. The zero-order chi connectivity index (χ0) is 23.5. The number of aromatic nitrogens is 3. The number of hydrogen-bond acceptors (Lipinski definition) is 4. The van der Waals surface area contributed by atoms with Crippen LogP contribution in [0.1, 0.15) is 59.2 Å². The van der Waals surface area contributed by atoms with Gasteiger partial charge in [0.05, 0.1) is 11.1 Å². The van der Waals surface area contributed by atoms with Crippen LogP contribution in [-0.2, 0) is 20.7 Å². The lowest BCUT2D eigenvalue weighted by Crippen LogP contribution is -2.49. The quantitative estimate of drug-likeness (QED) is 0.435. The van der Waals surface area contributed by atoms with Gasteiger partial charge in [-0.05, 0) is 54.7 Å². The van der Waals surface area contributed by atoms with Gasteiger partial charge in [0.1, 0.15) is 0 Å². The Morgan fingerprint density at radius 2 is 1.52 bits per heavy atom. The van der Waals surface area contributed by atoms with Crippen LogP contribution in [0.3, 0.4) is 0 Å². The van der Waals surface area contributed by atoms with Crippen LogP contribution >= 0.6 is 11.6 Å². The average Bonchev–Trinajstić information content (AvgIpc) is 3.16. The van der Waals surface area contributed by atoms with E-state index in [1.54, 1.807) is 0 Å². The Kier molecular flexibility index (Phi) is 6.38. The molecule has 2 aromatic rings. The van der Waals surface area contributed by atoms with Crippen molar-refractivity contribution in [1.82, 2.24) is 14.6 Å². The zero-order valence-corrected chi connectivity index (χ0v) is 23.8. The van der Waals surface area contributed by atoms with Gasteiger partial charge in [-0.1, -0.05) is 53.1 Å². The first-order chi connectivity index (χ1) is 14.0. The van der Waals surface area contributed by atoms with E-state index in [1.165, 1.54) is 11.3 Å². The molecule has 0 aromatic carbocycles. The highest BCUT2D eigenvalue weighted by Gasteiger charge is 2.48. The lowest BCUT2D eigenvalue weighted by atomic mass is 9.87. The second-order valence-electron chi connectivity index (χ2n) is 12.2. The Morgan fingerprint density at radius 3 is 2.00 bits per heavy atom. The molecule has 0 radical (unpaired) electrons. The number of halogens is 1. The van der Waals surface area contributed by atoms with Crippen molar-refractivity contribution in [3.63, 3.8) is 0 Å². The van der Waals surface area contributed by atoms with Crippen molar-refractivity contribution in [3.05, 3.63) is 28.7 Å². The number of aryl methyl sites for hydroxylation is 1. The largest absolute Gasteiger partial charge is 0.416 e. The SMILES string of the molecule is CC(C)(C)[Si](C)(C)OCC1(CO[Si](C)(C)C(C)(C)C)CCc2cnc3cc(Cl)nn3c21. The molecule has 0 spiro atoms. The van der Waals surface area contributed by atoms with Crippen LogP contribution in [0.2, 0.25) is 41.4 Å². The van der Waals surface area contributed by atoms with Gasteiger partial charge in [-0.15, -0.1) is 0 Å². The summed E-state index contributed by atoms with van der Waals surface area (Å²) in [4.78, 5) is 4.59. The van der Waals surface area contributed by atoms with E-state index in [0.29, 0.717) is 18.4 Å². The van der Waals surface area contributed by atoms with Crippen LogP contribution < -0.4 is 0 Å². The molecule has 0 N–H and O–H groups in total. The summed E-state index contributed by atoms with van der Waals surface area (Å²) in [5.74, 6) is 0. The summed E-state index contributed by atoms with van der Waals surface area (Å²) in [6, 6.07) is 1.83. The smallest absolute Gasteiger partial charge is 0.192 e. The normalized spacial score (nSPS) is 17.4. The van der Waals surface area contributed by atoms with Crippen molar-refractivity contribution in [2.45, 2.75) is 96.1 Å². The molecule has 0 bridgehead atoms. The Bertz CT molecular complexity index is 928. The molecule has 0 saturated carbocycles. The molecule has 1 aliphatic rings. The van der Waals surface area contributed by atoms with E-state index >= 15 is 0 Å². The maximum absolute atomic E-state index is 6.82. The third-order valence-corrected chi connectivity index (χ3v) is 17.1. The average molecular weight is 482 g/mol. The molecule has 2 aromatic heterocycles.